The van der Waals surface area contributed by atoms with Crippen LogP contribution < -0.4 is 0 Å². The van der Waals surface area contributed by atoms with Crippen LogP contribution in [0.3, 0.4) is 0 Å². The molecule has 18 heavy (non-hydrogen) atoms. The van der Waals surface area contributed by atoms with Gasteiger partial charge in [0.1, 0.15) is 0 Å². The first-order valence-electron chi connectivity index (χ1n) is 5.57. The highest BCUT2D eigenvalue weighted by Gasteiger charge is 2.11. The molecular weight excluding hydrogens is 359 g/mol. The summed E-state index contributed by atoms with van der Waals surface area (Å²) in [7, 11) is 0. The van der Waals surface area contributed by atoms with Gasteiger partial charge in [-0.2, -0.15) is 0 Å². The number of hydrogen-bond donors (Lipinski definition) is 1. The summed E-state index contributed by atoms with van der Waals surface area (Å²) in [5.74, 6) is 0. The van der Waals surface area contributed by atoms with Gasteiger partial charge in [-0.15, -0.1) is 11.3 Å². The van der Waals surface area contributed by atoms with Crippen molar-refractivity contribution in [2.75, 3.05) is 0 Å². The second-order valence-electron chi connectivity index (χ2n) is 4.10. The van der Waals surface area contributed by atoms with Gasteiger partial charge in [-0.1, -0.05) is 12.1 Å². The number of rotatable bonds is 3. The van der Waals surface area contributed by atoms with E-state index in [0.717, 1.165) is 16.2 Å². The third-order valence-electron chi connectivity index (χ3n) is 2.80. The topological polar surface area (TPSA) is 37.5 Å². The first kappa shape index (κ1) is 12.1. The number of thiazole rings is 1. The lowest BCUT2D eigenvalue weighted by Gasteiger charge is -2.09. The molecule has 1 N–H and O–H groups in total. The van der Waals surface area contributed by atoms with Crippen LogP contribution in [0.1, 0.15) is 17.4 Å². The van der Waals surface area contributed by atoms with Crippen LogP contribution in [0.15, 0.2) is 42.0 Å². The fourth-order valence-electron chi connectivity index (χ4n) is 1.88. The zero-order chi connectivity index (χ0) is 12.5. The average molecular weight is 370 g/mol. The van der Waals surface area contributed by atoms with Crippen molar-refractivity contribution in [1.29, 1.82) is 0 Å². The largest absolute Gasteiger partial charge is 0.388 e. The van der Waals surface area contributed by atoms with E-state index in [1.165, 1.54) is 3.57 Å². The van der Waals surface area contributed by atoms with E-state index >= 15 is 0 Å². The van der Waals surface area contributed by atoms with Crippen molar-refractivity contribution in [1.82, 2.24) is 9.38 Å². The number of aliphatic hydroxyl groups is 1. The zero-order valence-corrected chi connectivity index (χ0v) is 12.4. The lowest BCUT2D eigenvalue weighted by molar-refractivity contribution is 0.177. The first-order valence-corrected chi connectivity index (χ1v) is 7.53. The molecule has 2 heterocycles. The fraction of sp³-hybridized carbons (Fsp3) is 0.154. The van der Waals surface area contributed by atoms with Crippen molar-refractivity contribution in [3.8, 4) is 0 Å². The number of benzene rings is 1. The van der Waals surface area contributed by atoms with Gasteiger partial charge in [-0.05, 0) is 40.3 Å². The summed E-state index contributed by atoms with van der Waals surface area (Å²) in [6.07, 6.45) is 4.01. The summed E-state index contributed by atoms with van der Waals surface area (Å²) >= 11 is 3.86. The van der Waals surface area contributed by atoms with Crippen LogP contribution in [-0.2, 0) is 6.42 Å². The van der Waals surface area contributed by atoms with Crippen molar-refractivity contribution in [2.24, 2.45) is 0 Å². The summed E-state index contributed by atoms with van der Waals surface area (Å²) in [6.45, 7) is 0. The Morgan fingerprint density at radius 1 is 1.33 bits per heavy atom. The summed E-state index contributed by atoms with van der Waals surface area (Å²) in [4.78, 5) is 5.45. The Bertz CT molecular complexity index is 630. The molecule has 0 aliphatic carbocycles. The number of fused-ring (bicyclic) bond motifs is 1. The molecule has 0 radical (unpaired) electrons. The van der Waals surface area contributed by atoms with Crippen molar-refractivity contribution in [3.05, 3.63) is 56.9 Å². The van der Waals surface area contributed by atoms with Crippen LogP contribution in [0, 0.1) is 3.57 Å². The molecule has 0 saturated carbocycles. The highest BCUT2D eigenvalue weighted by atomic mass is 127. The van der Waals surface area contributed by atoms with E-state index in [9.17, 15) is 5.11 Å². The molecule has 0 aliphatic heterocycles. The molecule has 92 valence electrons. The minimum Gasteiger partial charge on any atom is -0.388 e. The summed E-state index contributed by atoms with van der Waals surface area (Å²) in [5.41, 5.74) is 1.86. The number of nitrogens with zero attached hydrogens (tertiary/aromatic N) is 2. The van der Waals surface area contributed by atoms with Gasteiger partial charge < -0.3 is 5.11 Å². The lowest BCUT2D eigenvalue weighted by atomic mass is 10.1. The van der Waals surface area contributed by atoms with Crippen LogP contribution in [0.25, 0.3) is 4.96 Å². The smallest absolute Gasteiger partial charge is 0.193 e. The van der Waals surface area contributed by atoms with Crippen LogP contribution in [0.2, 0.25) is 0 Å². The molecule has 0 fully saturated rings. The molecule has 0 saturated heterocycles. The van der Waals surface area contributed by atoms with E-state index in [2.05, 4.69) is 27.6 Å². The number of hydrogen-bond acceptors (Lipinski definition) is 3. The molecule has 3 nitrogen and oxygen atoms in total. The van der Waals surface area contributed by atoms with Crippen LogP contribution in [0.4, 0.5) is 0 Å². The second-order valence-corrected chi connectivity index (χ2v) is 6.22. The minimum absolute atomic E-state index is 0.494. The molecule has 0 amide bonds. The van der Waals surface area contributed by atoms with Gasteiger partial charge in [-0.3, -0.25) is 4.40 Å². The predicted octanol–water partition coefficient (Wildman–Crippen LogP) is 3.28. The number of halogens is 1. The quantitative estimate of drug-likeness (QED) is 0.719. The molecule has 1 atom stereocenters. The SMILES string of the molecule is OC(Cc1cn2ccsc2n1)c1ccc(I)cc1. The van der Waals surface area contributed by atoms with E-state index in [-0.39, 0.29) is 0 Å². The van der Waals surface area contributed by atoms with E-state index in [4.69, 9.17) is 0 Å². The molecule has 0 spiro atoms. The maximum absolute atomic E-state index is 10.2. The van der Waals surface area contributed by atoms with E-state index in [1.54, 1.807) is 11.3 Å². The van der Waals surface area contributed by atoms with Gasteiger partial charge in [0.15, 0.2) is 4.96 Å². The molecule has 0 aliphatic rings. The Morgan fingerprint density at radius 2 is 2.11 bits per heavy atom. The molecule has 1 unspecified atom stereocenters. The van der Waals surface area contributed by atoms with Gasteiger partial charge in [0.25, 0.3) is 0 Å². The van der Waals surface area contributed by atoms with Crippen LogP contribution in [0.5, 0.6) is 0 Å². The fourth-order valence-corrected chi connectivity index (χ4v) is 2.95. The Labute approximate surface area is 122 Å². The van der Waals surface area contributed by atoms with Crippen LogP contribution >= 0.6 is 33.9 Å². The van der Waals surface area contributed by atoms with E-state index in [0.29, 0.717) is 6.42 Å². The first-order chi connectivity index (χ1) is 8.72. The van der Waals surface area contributed by atoms with Crippen molar-refractivity contribution >= 4 is 38.9 Å². The number of imidazole rings is 1. The van der Waals surface area contributed by atoms with Crippen molar-refractivity contribution < 1.29 is 5.11 Å². The van der Waals surface area contributed by atoms with Crippen molar-refractivity contribution in [3.63, 3.8) is 0 Å². The second kappa shape index (κ2) is 4.99. The Balaban J connectivity index is 1.79. The Morgan fingerprint density at radius 3 is 2.83 bits per heavy atom. The molecule has 3 aromatic rings. The summed E-state index contributed by atoms with van der Waals surface area (Å²) < 4.78 is 3.16. The zero-order valence-electron chi connectivity index (χ0n) is 9.45. The van der Waals surface area contributed by atoms with Gasteiger partial charge in [0.2, 0.25) is 0 Å². The highest BCUT2D eigenvalue weighted by Crippen LogP contribution is 2.20. The maximum atomic E-state index is 10.2. The van der Waals surface area contributed by atoms with Crippen LogP contribution in [-0.4, -0.2) is 14.5 Å². The predicted molar refractivity (Wildman–Crippen MR) is 80.9 cm³/mol. The number of aromatic nitrogens is 2. The van der Waals surface area contributed by atoms with Crippen molar-refractivity contribution in [2.45, 2.75) is 12.5 Å². The standard InChI is InChI=1S/C13H11IN2OS/c14-10-3-1-9(2-4-10)12(17)7-11-8-16-5-6-18-13(16)15-11/h1-6,8,12,17H,7H2. The van der Waals surface area contributed by atoms with Gasteiger partial charge in [0.05, 0.1) is 11.8 Å². The van der Waals surface area contributed by atoms with E-state index in [1.807, 2.05) is 46.4 Å². The molecule has 1 aromatic carbocycles. The van der Waals surface area contributed by atoms with Gasteiger partial charge in [0, 0.05) is 27.8 Å². The minimum atomic E-state index is -0.494. The molecule has 5 heteroatoms. The Kier molecular flexibility index (Phi) is 3.36. The van der Waals surface area contributed by atoms with Gasteiger partial charge in [-0.25, -0.2) is 4.98 Å². The third-order valence-corrected chi connectivity index (χ3v) is 4.29. The molecular formula is C13H11IN2OS. The van der Waals surface area contributed by atoms with E-state index < -0.39 is 6.10 Å². The Hall–Kier alpha value is -0.920. The average Bonchev–Trinajstić information content (AvgIpc) is 2.90. The molecule has 3 rings (SSSR count). The molecule has 2 aromatic heterocycles. The summed E-state index contributed by atoms with van der Waals surface area (Å²) in [6, 6.07) is 7.94. The van der Waals surface area contributed by atoms with Gasteiger partial charge >= 0.3 is 0 Å². The highest BCUT2D eigenvalue weighted by molar-refractivity contribution is 14.1. The summed E-state index contributed by atoms with van der Waals surface area (Å²) in [5, 5.41) is 12.2. The molecule has 0 bridgehead atoms. The monoisotopic (exact) mass is 370 g/mol. The maximum Gasteiger partial charge on any atom is 0.193 e. The third kappa shape index (κ3) is 2.43. The number of aliphatic hydroxyl groups excluding tert-OH is 1. The lowest BCUT2D eigenvalue weighted by Crippen LogP contribution is -2.01. The normalized spacial score (nSPS) is 13.0.